The Morgan fingerprint density at radius 3 is 2.92 bits per heavy atom. The molecule has 25 heavy (non-hydrogen) atoms. The molecule has 0 aliphatic carbocycles. The summed E-state index contributed by atoms with van der Waals surface area (Å²) in [4.78, 5) is 31.6. The molecule has 0 radical (unpaired) electrons. The number of aryl methyl sites for hydroxylation is 1. The largest absolute Gasteiger partial charge is 0.461 e. The van der Waals surface area contributed by atoms with Gasteiger partial charge in [0.05, 0.1) is 18.8 Å². The van der Waals surface area contributed by atoms with E-state index in [2.05, 4.69) is 20.6 Å². The number of fused-ring (bicyclic) bond motifs is 1. The van der Waals surface area contributed by atoms with Crippen molar-refractivity contribution >= 4 is 44.9 Å². The first kappa shape index (κ1) is 17.0. The monoisotopic (exact) mass is 358 g/mol. The Labute approximate surface area is 148 Å². The highest BCUT2D eigenvalue weighted by molar-refractivity contribution is 7.13. The average Bonchev–Trinajstić information content (AvgIpc) is 3.21. The molecule has 130 valence electrons. The van der Waals surface area contributed by atoms with Gasteiger partial charge in [-0.1, -0.05) is 11.6 Å². The van der Waals surface area contributed by atoms with Crippen molar-refractivity contribution in [3.05, 3.63) is 41.0 Å². The maximum absolute atomic E-state index is 12.3. The van der Waals surface area contributed by atoms with E-state index in [0.29, 0.717) is 10.8 Å². The van der Waals surface area contributed by atoms with Crippen molar-refractivity contribution in [3.8, 4) is 0 Å². The number of carbonyl (C=O) groups is 2. The number of hydrogen-bond donors (Lipinski definition) is 3. The number of thiazole rings is 1. The molecule has 1 amide bonds. The molecule has 3 N–H and O–H groups in total. The van der Waals surface area contributed by atoms with Crippen LogP contribution in [-0.2, 0) is 9.53 Å². The minimum Gasteiger partial charge on any atom is -0.461 e. The van der Waals surface area contributed by atoms with E-state index < -0.39 is 5.97 Å². The molecule has 0 saturated heterocycles. The molecule has 0 saturated carbocycles. The summed E-state index contributed by atoms with van der Waals surface area (Å²) in [6.45, 7) is 3.99. The van der Waals surface area contributed by atoms with Crippen LogP contribution < -0.4 is 10.6 Å². The fraction of sp³-hybridized carbons (Fsp3) is 0.235. The normalized spacial score (nSPS) is 10.6. The van der Waals surface area contributed by atoms with E-state index in [0.717, 1.165) is 16.5 Å². The quantitative estimate of drug-likeness (QED) is 0.588. The molecule has 2 heterocycles. The van der Waals surface area contributed by atoms with Crippen molar-refractivity contribution in [2.75, 3.05) is 23.8 Å². The van der Waals surface area contributed by atoms with Gasteiger partial charge >= 0.3 is 5.97 Å². The lowest BCUT2D eigenvalue weighted by molar-refractivity contribution is -0.114. The van der Waals surface area contributed by atoms with E-state index in [1.165, 1.54) is 11.3 Å². The number of amides is 1. The van der Waals surface area contributed by atoms with Crippen LogP contribution in [0.1, 0.15) is 23.0 Å². The molecule has 0 aliphatic heterocycles. The minimum atomic E-state index is -0.500. The lowest BCUT2D eigenvalue weighted by Gasteiger charge is -2.08. The van der Waals surface area contributed by atoms with Gasteiger partial charge in [0.2, 0.25) is 5.91 Å². The first-order chi connectivity index (χ1) is 12.1. The minimum absolute atomic E-state index is 0.0499. The summed E-state index contributed by atoms with van der Waals surface area (Å²) in [5, 5.41) is 9.00. The van der Waals surface area contributed by atoms with Crippen molar-refractivity contribution < 1.29 is 14.3 Å². The maximum atomic E-state index is 12.3. The van der Waals surface area contributed by atoms with Crippen LogP contribution in [0, 0.1) is 6.92 Å². The molecule has 0 bridgehead atoms. The molecule has 0 unspecified atom stereocenters. The van der Waals surface area contributed by atoms with Crippen LogP contribution in [-0.4, -0.2) is 35.0 Å². The summed E-state index contributed by atoms with van der Waals surface area (Å²) in [5.74, 6) is -0.775. The number of hydrogen-bond acceptors (Lipinski definition) is 6. The molecule has 2 aromatic heterocycles. The van der Waals surface area contributed by atoms with E-state index >= 15 is 0 Å². The summed E-state index contributed by atoms with van der Waals surface area (Å²) in [6, 6.07) is 5.72. The number of H-pyrrole nitrogens is 1. The summed E-state index contributed by atoms with van der Waals surface area (Å²) >= 11 is 1.41. The summed E-state index contributed by atoms with van der Waals surface area (Å²) in [5.41, 5.74) is 2.46. The molecule has 1 aromatic carbocycles. The smallest absolute Gasteiger partial charge is 0.356 e. The van der Waals surface area contributed by atoms with Gasteiger partial charge in [-0.05, 0) is 26.0 Å². The third-order valence-corrected chi connectivity index (χ3v) is 4.26. The predicted octanol–water partition coefficient (Wildman–Crippen LogP) is 3.16. The van der Waals surface area contributed by atoms with Gasteiger partial charge in [-0.2, -0.15) is 0 Å². The van der Waals surface area contributed by atoms with Gasteiger partial charge in [0.15, 0.2) is 5.13 Å². The Balaban J connectivity index is 1.86. The fourth-order valence-electron chi connectivity index (χ4n) is 2.44. The van der Waals surface area contributed by atoms with Crippen LogP contribution >= 0.6 is 11.3 Å². The molecule has 3 aromatic rings. The second kappa shape index (κ2) is 7.35. The second-order valence-electron chi connectivity index (χ2n) is 5.38. The van der Waals surface area contributed by atoms with Gasteiger partial charge in [-0.15, -0.1) is 11.3 Å². The van der Waals surface area contributed by atoms with Crippen LogP contribution in [0.3, 0.4) is 0 Å². The molecule has 8 heteroatoms. The number of nitrogens with one attached hydrogen (secondary N) is 3. The molecule has 0 atom stereocenters. The SMILES string of the molecule is CCOC(=O)c1[nH]c2ccc(C)cc2c1NC(=O)CNc1nccs1. The molecule has 0 aliphatic rings. The summed E-state index contributed by atoms with van der Waals surface area (Å²) in [6.07, 6.45) is 1.66. The summed E-state index contributed by atoms with van der Waals surface area (Å²) < 4.78 is 5.08. The number of ether oxygens (including phenoxy) is 1. The number of nitrogens with zero attached hydrogens (tertiary/aromatic N) is 1. The molecule has 3 rings (SSSR count). The van der Waals surface area contributed by atoms with Crippen LogP contribution in [0.15, 0.2) is 29.8 Å². The lowest BCUT2D eigenvalue weighted by atomic mass is 10.1. The Morgan fingerprint density at radius 2 is 2.20 bits per heavy atom. The highest BCUT2D eigenvalue weighted by Crippen LogP contribution is 2.29. The standard InChI is InChI=1S/C17H18N4O3S/c1-3-24-16(23)15-14(11-8-10(2)4-5-12(11)20-15)21-13(22)9-19-17-18-6-7-25-17/h4-8,20H,3,9H2,1-2H3,(H,18,19)(H,21,22). The molecule has 7 nitrogen and oxygen atoms in total. The first-order valence-electron chi connectivity index (χ1n) is 7.81. The molecule has 0 fully saturated rings. The third kappa shape index (κ3) is 3.80. The van der Waals surface area contributed by atoms with E-state index in [1.807, 2.05) is 30.5 Å². The van der Waals surface area contributed by atoms with Crippen molar-refractivity contribution in [1.82, 2.24) is 9.97 Å². The molecular weight excluding hydrogens is 340 g/mol. The number of aromatic amines is 1. The third-order valence-electron chi connectivity index (χ3n) is 3.53. The Hall–Kier alpha value is -2.87. The Kier molecular flexibility index (Phi) is 4.99. The second-order valence-corrected chi connectivity index (χ2v) is 6.28. The number of aromatic nitrogens is 2. The van der Waals surface area contributed by atoms with Crippen molar-refractivity contribution in [3.63, 3.8) is 0 Å². The lowest BCUT2D eigenvalue weighted by Crippen LogP contribution is -2.23. The van der Waals surface area contributed by atoms with E-state index in [4.69, 9.17) is 4.74 Å². The van der Waals surface area contributed by atoms with E-state index in [-0.39, 0.29) is 24.8 Å². The zero-order valence-corrected chi connectivity index (χ0v) is 14.7. The maximum Gasteiger partial charge on any atom is 0.356 e. The highest BCUT2D eigenvalue weighted by Gasteiger charge is 2.20. The zero-order chi connectivity index (χ0) is 17.8. The molecular formula is C17H18N4O3S. The van der Waals surface area contributed by atoms with Gasteiger partial charge in [-0.3, -0.25) is 4.79 Å². The number of esters is 1. The number of anilines is 2. The zero-order valence-electron chi connectivity index (χ0n) is 13.9. The van der Waals surface area contributed by atoms with E-state index in [1.54, 1.807) is 13.1 Å². The fourth-order valence-corrected chi connectivity index (χ4v) is 2.97. The number of carbonyl (C=O) groups excluding carboxylic acids is 2. The van der Waals surface area contributed by atoms with Crippen molar-refractivity contribution in [2.24, 2.45) is 0 Å². The van der Waals surface area contributed by atoms with Crippen LogP contribution in [0.5, 0.6) is 0 Å². The Morgan fingerprint density at radius 1 is 1.36 bits per heavy atom. The van der Waals surface area contributed by atoms with Crippen LogP contribution in [0.4, 0.5) is 10.8 Å². The van der Waals surface area contributed by atoms with Gasteiger partial charge in [-0.25, -0.2) is 9.78 Å². The predicted molar refractivity (Wildman–Crippen MR) is 98.2 cm³/mol. The van der Waals surface area contributed by atoms with E-state index in [9.17, 15) is 9.59 Å². The average molecular weight is 358 g/mol. The highest BCUT2D eigenvalue weighted by atomic mass is 32.1. The van der Waals surface area contributed by atoms with Crippen molar-refractivity contribution in [2.45, 2.75) is 13.8 Å². The van der Waals surface area contributed by atoms with Crippen molar-refractivity contribution in [1.29, 1.82) is 0 Å². The van der Waals surface area contributed by atoms with Gasteiger partial charge < -0.3 is 20.4 Å². The Bertz CT molecular complexity index is 902. The first-order valence-corrected chi connectivity index (χ1v) is 8.69. The summed E-state index contributed by atoms with van der Waals surface area (Å²) in [7, 11) is 0. The van der Waals surface area contributed by atoms with Gasteiger partial charge in [0.1, 0.15) is 5.69 Å². The number of rotatable bonds is 6. The van der Waals surface area contributed by atoms with Crippen LogP contribution in [0.2, 0.25) is 0 Å². The van der Waals surface area contributed by atoms with Gasteiger partial charge in [0.25, 0.3) is 0 Å². The topological polar surface area (TPSA) is 96.1 Å². The van der Waals surface area contributed by atoms with Crippen LogP contribution in [0.25, 0.3) is 10.9 Å². The van der Waals surface area contributed by atoms with Gasteiger partial charge in [0, 0.05) is 22.5 Å². The molecule has 0 spiro atoms. The number of benzene rings is 1.